The van der Waals surface area contributed by atoms with E-state index in [0.717, 1.165) is 16.8 Å². The van der Waals surface area contributed by atoms with Gasteiger partial charge in [-0.2, -0.15) is 0 Å². The molecule has 0 saturated heterocycles. The molecule has 0 saturated carbocycles. The lowest BCUT2D eigenvalue weighted by Crippen LogP contribution is -2.23. The predicted molar refractivity (Wildman–Crippen MR) is 95.4 cm³/mol. The van der Waals surface area contributed by atoms with E-state index in [1.165, 1.54) is 11.3 Å². The third-order valence-electron chi connectivity index (χ3n) is 3.44. The summed E-state index contributed by atoms with van der Waals surface area (Å²) in [6, 6.07) is 17.1. The highest BCUT2D eigenvalue weighted by molar-refractivity contribution is 7.14. The van der Waals surface area contributed by atoms with Crippen LogP contribution in [0.25, 0.3) is 0 Å². The predicted octanol–water partition coefficient (Wildman–Crippen LogP) is 3.31. The summed E-state index contributed by atoms with van der Waals surface area (Å²) >= 11 is 1.38. The molecule has 0 unspecified atom stereocenters. The van der Waals surface area contributed by atoms with Crippen LogP contribution in [0.3, 0.4) is 0 Å². The maximum atomic E-state index is 12.4. The summed E-state index contributed by atoms with van der Waals surface area (Å²) in [7, 11) is 0. The minimum Gasteiger partial charge on any atom is -0.392 e. The number of para-hydroxylation sites is 1. The highest BCUT2D eigenvalue weighted by Gasteiger charge is 2.15. The smallest absolute Gasteiger partial charge is 0.273 e. The lowest BCUT2D eigenvalue weighted by molar-refractivity contribution is 0.0947. The molecule has 0 atom stereocenters. The van der Waals surface area contributed by atoms with E-state index < -0.39 is 0 Å². The molecule has 2 aromatic carbocycles. The molecule has 1 aromatic heterocycles. The van der Waals surface area contributed by atoms with Crippen molar-refractivity contribution in [3.8, 4) is 0 Å². The van der Waals surface area contributed by atoms with Crippen molar-refractivity contribution in [3.63, 3.8) is 0 Å². The number of nitrogens with one attached hydrogen (secondary N) is 2. The zero-order chi connectivity index (χ0) is 16.8. The molecule has 1 heterocycles. The molecule has 5 nitrogen and oxygen atoms in total. The number of aliphatic hydroxyl groups is 1. The molecule has 0 bridgehead atoms. The first kappa shape index (κ1) is 16.2. The van der Waals surface area contributed by atoms with Crippen LogP contribution in [0, 0.1) is 0 Å². The highest BCUT2D eigenvalue weighted by Crippen LogP contribution is 2.24. The van der Waals surface area contributed by atoms with Crippen molar-refractivity contribution in [2.45, 2.75) is 13.2 Å². The fourth-order valence-electron chi connectivity index (χ4n) is 2.25. The number of carbonyl (C=O) groups is 1. The number of anilines is 2. The molecule has 0 aliphatic rings. The Bertz CT molecular complexity index is 818. The summed E-state index contributed by atoms with van der Waals surface area (Å²) in [4.78, 5) is 16.6. The van der Waals surface area contributed by atoms with Crippen molar-refractivity contribution >= 4 is 27.9 Å². The molecule has 0 aliphatic carbocycles. The third kappa shape index (κ3) is 3.98. The lowest BCUT2D eigenvalue weighted by Gasteiger charge is -2.08. The normalized spacial score (nSPS) is 10.4. The summed E-state index contributed by atoms with van der Waals surface area (Å²) in [6.45, 7) is 0.369. The Morgan fingerprint density at radius 3 is 2.67 bits per heavy atom. The Morgan fingerprint density at radius 1 is 1.08 bits per heavy atom. The van der Waals surface area contributed by atoms with Gasteiger partial charge in [0.25, 0.3) is 5.91 Å². The molecule has 3 aromatic rings. The van der Waals surface area contributed by atoms with Crippen LogP contribution in [0.1, 0.15) is 21.6 Å². The standard InChI is InChI=1S/C18H17N3O2S/c22-11-14-6-4-5-13(9-14)10-19-17(23)16-18(24-12-20-16)21-15-7-2-1-3-8-15/h1-9,12,21-22H,10-11H2,(H,19,23). The second-order valence-electron chi connectivity index (χ2n) is 5.18. The molecule has 0 aliphatic heterocycles. The first-order valence-electron chi connectivity index (χ1n) is 7.48. The largest absolute Gasteiger partial charge is 0.392 e. The Balaban J connectivity index is 1.66. The van der Waals surface area contributed by atoms with Gasteiger partial charge in [0.15, 0.2) is 5.69 Å². The molecule has 122 valence electrons. The first-order chi connectivity index (χ1) is 11.8. The van der Waals surface area contributed by atoms with Gasteiger partial charge in [-0.25, -0.2) is 4.98 Å². The molecule has 6 heteroatoms. The Labute approximate surface area is 144 Å². The zero-order valence-electron chi connectivity index (χ0n) is 12.9. The molecule has 1 amide bonds. The van der Waals surface area contributed by atoms with Crippen LogP contribution in [-0.4, -0.2) is 16.0 Å². The Kier molecular flexibility index (Phi) is 5.20. The molecule has 3 N–H and O–H groups in total. The fraction of sp³-hybridized carbons (Fsp3) is 0.111. The molecule has 0 fully saturated rings. The summed E-state index contributed by atoms with van der Waals surface area (Å²) in [5.74, 6) is -0.232. The fourth-order valence-corrected chi connectivity index (χ4v) is 2.95. The molecule has 24 heavy (non-hydrogen) atoms. The topological polar surface area (TPSA) is 74.2 Å². The second-order valence-corrected chi connectivity index (χ2v) is 6.04. The van der Waals surface area contributed by atoms with Gasteiger partial charge in [0.05, 0.1) is 12.1 Å². The molecule has 0 radical (unpaired) electrons. The van der Waals surface area contributed by atoms with Gasteiger partial charge >= 0.3 is 0 Å². The summed E-state index contributed by atoms with van der Waals surface area (Å²) in [6.07, 6.45) is 0. The molecular weight excluding hydrogens is 322 g/mol. The van der Waals surface area contributed by atoms with Crippen molar-refractivity contribution in [2.75, 3.05) is 5.32 Å². The monoisotopic (exact) mass is 339 g/mol. The number of thiazole rings is 1. The minimum absolute atomic E-state index is 0.0149. The maximum Gasteiger partial charge on any atom is 0.273 e. The number of nitrogens with zero attached hydrogens (tertiary/aromatic N) is 1. The number of aliphatic hydroxyl groups excluding tert-OH is 1. The van der Waals surface area contributed by atoms with Crippen molar-refractivity contribution < 1.29 is 9.90 Å². The number of carbonyl (C=O) groups excluding carboxylic acids is 1. The number of benzene rings is 2. The number of hydrogen-bond acceptors (Lipinski definition) is 5. The van der Waals surface area contributed by atoms with E-state index in [9.17, 15) is 4.79 Å². The third-order valence-corrected chi connectivity index (χ3v) is 4.18. The minimum atomic E-state index is -0.232. The molecule has 3 rings (SSSR count). The number of rotatable bonds is 6. The van der Waals surface area contributed by atoms with Gasteiger partial charge in [-0.15, -0.1) is 11.3 Å². The summed E-state index contributed by atoms with van der Waals surface area (Å²) in [5.41, 5.74) is 4.69. The van der Waals surface area contributed by atoms with E-state index in [1.54, 1.807) is 5.51 Å². The van der Waals surface area contributed by atoms with Gasteiger partial charge in [-0.3, -0.25) is 4.79 Å². The number of amides is 1. The van der Waals surface area contributed by atoms with Crippen LogP contribution in [-0.2, 0) is 13.2 Å². The Morgan fingerprint density at radius 2 is 1.88 bits per heavy atom. The summed E-state index contributed by atoms with van der Waals surface area (Å²) in [5, 5.41) is 15.9. The number of hydrogen-bond donors (Lipinski definition) is 3. The van der Waals surface area contributed by atoms with Crippen molar-refractivity contribution in [3.05, 3.63) is 76.9 Å². The van der Waals surface area contributed by atoms with Crippen molar-refractivity contribution in [2.24, 2.45) is 0 Å². The SMILES string of the molecule is O=C(NCc1cccc(CO)c1)c1ncsc1Nc1ccccc1. The maximum absolute atomic E-state index is 12.4. The van der Waals surface area contributed by atoms with Gasteiger partial charge < -0.3 is 15.7 Å². The molecule has 0 spiro atoms. The van der Waals surface area contributed by atoms with Crippen LogP contribution < -0.4 is 10.6 Å². The lowest BCUT2D eigenvalue weighted by atomic mass is 10.1. The Hall–Kier alpha value is -2.70. The average Bonchev–Trinajstić information content (AvgIpc) is 3.09. The van der Waals surface area contributed by atoms with E-state index >= 15 is 0 Å². The van der Waals surface area contributed by atoms with Crippen LogP contribution >= 0.6 is 11.3 Å². The summed E-state index contributed by atoms with van der Waals surface area (Å²) < 4.78 is 0. The van der Waals surface area contributed by atoms with Crippen molar-refractivity contribution in [1.29, 1.82) is 0 Å². The molecular formula is C18H17N3O2S. The van der Waals surface area contributed by atoms with Gasteiger partial charge in [0.2, 0.25) is 0 Å². The van der Waals surface area contributed by atoms with Crippen LogP contribution in [0.5, 0.6) is 0 Å². The van der Waals surface area contributed by atoms with E-state index in [1.807, 2.05) is 54.6 Å². The second kappa shape index (κ2) is 7.72. The average molecular weight is 339 g/mol. The van der Waals surface area contributed by atoms with E-state index in [2.05, 4.69) is 15.6 Å². The van der Waals surface area contributed by atoms with Crippen LogP contribution in [0.4, 0.5) is 10.7 Å². The van der Waals surface area contributed by atoms with E-state index in [-0.39, 0.29) is 12.5 Å². The van der Waals surface area contributed by atoms with E-state index in [4.69, 9.17) is 5.11 Å². The van der Waals surface area contributed by atoms with Gasteiger partial charge in [-0.1, -0.05) is 42.5 Å². The quantitative estimate of drug-likeness (QED) is 0.644. The highest BCUT2D eigenvalue weighted by atomic mass is 32.1. The van der Waals surface area contributed by atoms with Gasteiger partial charge in [0.1, 0.15) is 5.00 Å². The number of aromatic nitrogens is 1. The van der Waals surface area contributed by atoms with Crippen LogP contribution in [0.15, 0.2) is 60.1 Å². The van der Waals surface area contributed by atoms with Crippen LogP contribution in [0.2, 0.25) is 0 Å². The van der Waals surface area contributed by atoms with Crippen molar-refractivity contribution in [1.82, 2.24) is 10.3 Å². The zero-order valence-corrected chi connectivity index (χ0v) is 13.7. The van der Waals surface area contributed by atoms with E-state index in [0.29, 0.717) is 17.2 Å². The van der Waals surface area contributed by atoms with Gasteiger partial charge in [-0.05, 0) is 23.3 Å². The first-order valence-corrected chi connectivity index (χ1v) is 8.36. The van der Waals surface area contributed by atoms with Gasteiger partial charge in [0, 0.05) is 12.2 Å².